The van der Waals surface area contributed by atoms with Crippen molar-refractivity contribution in [3.05, 3.63) is 34.3 Å². The van der Waals surface area contributed by atoms with Gasteiger partial charge in [0.25, 0.3) is 0 Å². The highest BCUT2D eigenvalue weighted by atomic mass is 79.9. The van der Waals surface area contributed by atoms with Crippen molar-refractivity contribution in [1.29, 1.82) is 0 Å². The van der Waals surface area contributed by atoms with E-state index >= 15 is 0 Å². The van der Waals surface area contributed by atoms with Crippen molar-refractivity contribution < 1.29 is 0 Å². The minimum atomic E-state index is 0.591. The minimum Gasteiger partial charge on any atom is -0.314 e. The molecule has 0 aliphatic carbocycles. The van der Waals surface area contributed by atoms with Crippen molar-refractivity contribution in [2.24, 2.45) is 5.92 Å². The standard InChI is InChI=1S/C15H24BrN/c1-4-9-17-14(10-12(2)3)11-13-7-5-6-8-15(13)16/h5-8,12,14,17H,4,9-11H2,1-3H3. The highest BCUT2D eigenvalue weighted by molar-refractivity contribution is 9.10. The van der Waals surface area contributed by atoms with Crippen LogP contribution in [0.15, 0.2) is 28.7 Å². The lowest BCUT2D eigenvalue weighted by atomic mass is 9.97. The van der Waals surface area contributed by atoms with Crippen LogP contribution >= 0.6 is 15.9 Å². The molecule has 1 aromatic carbocycles. The molecule has 0 bridgehead atoms. The summed E-state index contributed by atoms with van der Waals surface area (Å²) in [5.41, 5.74) is 1.40. The predicted molar refractivity (Wildman–Crippen MR) is 79.4 cm³/mol. The zero-order valence-electron chi connectivity index (χ0n) is 11.2. The van der Waals surface area contributed by atoms with Crippen LogP contribution in [0.25, 0.3) is 0 Å². The van der Waals surface area contributed by atoms with E-state index in [9.17, 15) is 0 Å². The van der Waals surface area contributed by atoms with Gasteiger partial charge in [-0.25, -0.2) is 0 Å². The SMILES string of the molecule is CCCNC(Cc1ccccc1Br)CC(C)C. The Labute approximate surface area is 114 Å². The molecule has 0 radical (unpaired) electrons. The molecule has 1 aromatic rings. The van der Waals surface area contributed by atoms with Gasteiger partial charge in [-0.1, -0.05) is 54.9 Å². The van der Waals surface area contributed by atoms with Crippen LogP contribution in [0.3, 0.4) is 0 Å². The molecule has 0 spiro atoms. The molecule has 0 aromatic heterocycles. The number of rotatable bonds is 7. The molecule has 0 saturated carbocycles. The average molecular weight is 298 g/mol. The number of hydrogen-bond acceptors (Lipinski definition) is 1. The normalized spacial score (nSPS) is 13.0. The van der Waals surface area contributed by atoms with E-state index in [-0.39, 0.29) is 0 Å². The first-order chi connectivity index (χ1) is 8.13. The van der Waals surface area contributed by atoms with E-state index in [4.69, 9.17) is 0 Å². The molecule has 0 amide bonds. The Morgan fingerprint density at radius 2 is 1.94 bits per heavy atom. The quantitative estimate of drug-likeness (QED) is 0.786. The summed E-state index contributed by atoms with van der Waals surface area (Å²) < 4.78 is 1.23. The van der Waals surface area contributed by atoms with Gasteiger partial charge in [0.1, 0.15) is 0 Å². The van der Waals surface area contributed by atoms with Gasteiger partial charge in [0.15, 0.2) is 0 Å². The van der Waals surface area contributed by atoms with E-state index in [2.05, 4.69) is 66.3 Å². The first-order valence-corrected chi connectivity index (χ1v) is 7.39. The predicted octanol–water partition coefficient (Wildman–Crippen LogP) is 4.41. The number of hydrogen-bond donors (Lipinski definition) is 1. The van der Waals surface area contributed by atoms with Crippen LogP contribution in [-0.4, -0.2) is 12.6 Å². The van der Waals surface area contributed by atoms with Crippen LogP contribution in [0.2, 0.25) is 0 Å². The van der Waals surface area contributed by atoms with Gasteiger partial charge in [0, 0.05) is 10.5 Å². The molecule has 0 aliphatic rings. The Bertz CT molecular complexity index is 322. The van der Waals surface area contributed by atoms with Crippen molar-refractivity contribution in [2.75, 3.05) is 6.54 Å². The first kappa shape index (κ1) is 14.7. The van der Waals surface area contributed by atoms with Crippen molar-refractivity contribution in [2.45, 2.75) is 46.1 Å². The third kappa shape index (κ3) is 5.69. The van der Waals surface area contributed by atoms with Crippen molar-refractivity contribution >= 4 is 15.9 Å². The van der Waals surface area contributed by atoms with Crippen LogP contribution in [0.5, 0.6) is 0 Å². The van der Waals surface area contributed by atoms with Gasteiger partial charge in [-0.15, -0.1) is 0 Å². The maximum absolute atomic E-state index is 3.66. The van der Waals surface area contributed by atoms with Gasteiger partial charge >= 0.3 is 0 Å². The molecule has 96 valence electrons. The molecule has 0 fully saturated rings. The van der Waals surface area contributed by atoms with Gasteiger partial charge in [0.05, 0.1) is 0 Å². The zero-order chi connectivity index (χ0) is 12.7. The van der Waals surface area contributed by atoms with Crippen LogP contribution in [0.4, 0.5) is 0 Å². The number of benzene rings is 1. The minimum absolute atomic E-state index is 0.591. The Hall–Kier alpha value is -0.340. The van der Waals surface area contributed by atoms with E-state index in [1.807, 2.05) is 0 Å². The molecular formula is C15H24BrN. The lowest BCUT2D eigenvalue weighted by molar-refractivity contribution is 0.416. The summed E-state index contributed by atoms with van der Waals surface area (Å²) in [6.07, 6.45) is 3.55. The molecule has 2 heteroatoms. The summed E-state index contributed by atoms with van der Waals surface area (Å²) in [4.78, 5) is 0. The smallest absolute Gasteiger partial charge is 0.0207 e. The second-order valence-electron chi connectivity index (χ2n) is 5.08. The highest BCUT2D eigenvalue weighted by Crippen LogP contribution is 2.19. The van der Waals surface area contributed by atoms with Gasteiger partial charge in [-0.05, 0) is 43.4 Å². The largest absolute Gasteiger partial charge is 0.314 e. The van der Waals surface area contributed by atoms with Gasteiger partial charge < -0.3 is 5.32 Å². The highest BCUT2D eigenvalue weighted by Gasteiger charge is 2.12. The lowest BCUT2D eigenvalue weighted by Gasteiger charge is -2.21. The van der Waals surface area contributed by atoms with Gasteiger partial charge in [-0.2, -0.15) is 0 Å². The van der Waals surface area contributed by atoms with Gasteiger partial charge in [0.2, 0.25) is 0 Å². The summed E-state index contributed by atoms with van der Waals surface area (Å²) in [5.74, 6) is 0.742. The number of nitrogens with one attached hydrogen (secondary N) is 1. The fourth-order valence-electron chi connectivity index (χ4n) is 2.09. The summed E-state index contributed by atoms with van der Waals surface area (Å²) in [7, 11) is 0. The Morgan fingerprint density at radius 3 is 2.53 bits per heavy atom. The third-order valence-electron chi connectivity index (χ3n) is 2.86. The summed E-state index contributed by atoms with van der Waals surface area (Å²) in [5, 5.41) is 3.66. The van der Waals surface area contributed by atoms with E-state index in [1.165, 1.54) is 22.9 Å². The molecule has 17 heavy (non-hydrogen) atoms. The fourth-order valence-corrected chi connectivity index (χ4v) is 2.53. The molecular weight excluding hydrogens is 274 g/mol. The Morgan fingerprint density at radius 1 is 1.24 bits per heavy atom. The number of halogens is 1. The van der Waals surface area contributed by atoms with Crippen molar-refractivity contribution in [1.82, 2.24) is 5.32 Å². The summed E-state index contributed by atoms with van der Waals surface area (Å²) in [6, 6.07) is 9.12. The molecule has 0 heterocycles. The fraction of sp³-hybridized carbons (Fsp3) is 0.600. The van der Waals surface area contributed by atoms with Crippen LogP contribution in [-0.2, 0) is 6.42 Å². The molecule has 0 saturated heterocycles. The maximum Gasteiger partial charge on any atom is 0.0207 e. The molecule has 1 N–H and O–H groups in total. The first-order valence-electron chi connectivity index (χ1n) is 6.60. The second kappa shape index (κ2) is 7.88. The summed E-state index contributed by atoms with van der Waals surface area (Å²) >= 11 is 3.63. The average Bonchev–Trinajstić information content (AvgIpc) is 2.28. The lowest BCUT2D eigenvalue weighted by Crippen LogP contribution is -2.33. The van der Waals surface area contributed by atoms with Crippen molar-refractivity contribution in [3.8, 4) is 0 Å². The topological polar surface area (TPSA) is 12.0 Å². The molecule has 1 unspecified atom stereocenters. The molecule has 1 atom stereocenters. The van der Waals surface area contributed by atoms with E-state index in [0.29, 0.717) is 6.04 Å². The second-order valence-corrected chi connectivity index (χ2v) is 5.93. The molecule has 1 rings (SSSR count). The zero-order valence-corrected chi connectivity index (χ0v) is 12.8. The monoisotopic (exact) mass is 297 g/mol. The molecule has 0 aliphatic heterocycles. The Balaban J connectivity index is 2.61. The van der Waals surface area contributed by atoms with Crippen LogP contribution in [0.1, 0.15) is 39.2 Å². The van der Waals surface area contributed by atoms with Crippen LogP contribution < -0.4 is 5.32 Å². The third-order valence-corrected chi connectivity index (χ3v) is 3.64. The van der Waals surface area contributed by atoms with E-state index in [0.717, 1.165) is 18.9 Å². The molecule has 1 nitrogen and oxygen atoms in total. The van der Waals surface area contributed by atoms with E-state index in [1.54, 1.807) is 0 Å². The maximum atomic E-state index is 3.66. The van der Waals surface area contributed by atoms with Gasteiger partial charge in [-0.3, -0.25) is 0 Å². The summed E-state index contributed by atoms with van der Waals surface area (Å²) in [6.45, 7) is 7.92. The van der Waals surface area contributed by atoms with Crippen LogP contribution in [0, 0.1) is 5.92 Å². The Kier molecular flexibility index (Phi) is 6.83. The van der Waals surface area contributed by atoms with Crippen molar-refractivity contribution in [3.63, 3.8) is 0 Å². The van der Waals surface area contributed by atoms with E-state index < -0.39 is 0 Å².